The van der Waals surface area contributed by atoms with Crippen LogP contribution in [0.4, 0.5) is 26.7 Å². The molecule has 14 heteroatoms. The number of rotatable bonds is 9. The first-order chi connectivity index (χ1) is 23.9. The number of benzene rings is 2. The van der Waals surface area contributed by atoms with E-state index in [1.54, 1.807) is 30.7 Å². The Bertz CT molecular complexity index is 1870. The largest absolute Gasteiger partial charge is 0.444 e. The molecule has 1 aliphatic rings. The van der Waals surface area contributed by atoms with Gasteiger partial charge in [0, 0.05) is 41.3 Å². The molecule has 3 atom stereocenters. The zero-order valence-electron chi connectivity index (χ0n) is 28.4. The van der Waals surface area contributed by atoms with Gasteiger partial charge < -0.3 is 36.1 Å². The summed E-state index contributed by atoms with van der Waals surface area (Å²) in [5, 5.41) is 11.4. The van der Waals surface area contributed by atoms with Gasteiger partial charge in [0.15, 0.2) is 5.69 Å². The quantitative estimate of drug-likeness (QED) is 0.156. The molecule has 1 saturated heterocycles. The van der Waals surface area contributed by atoms with E-state index in [0.29, 0.717) is 35.4 Å². The Kier molecular flexibility index (Phi) is 11.5. The maximum atomic E-state index is 14.0. The molecule has 5 rings (SSSR count). The highest BCUT2D eigenvalue weighted by molar-refractivity contribution is 9.10. The van der Waals surface area contributed by atoms with Gasteiger partial charge >= 0.3 is 12.2 Å². The second kappa shape index (κ2) is 16.0. The van der Waals surface area contributed by atoms with E-state index in [1.165, 1.54) is 6.20 Å². The lowest BCUT2D eigenvalue weighted by molar-refractivity contribution is -0.638. The zero-order valence-corrected chi connectivity index (χ0v) is 29.9. The molecule has 13 nitrogen and oxygen atoms in total. The van der Waals surface area contributed by atoms with Gasteiger partial charge in [0.2, 0.25) is 0 Å². The van der Waals surface area contributed by atoms with Crippen molar-refractivity contribution in [2.45, 2.75) is 52.0 Å². The normalized spacial score (nSPS) is 17.7. The predicted molar refractivity (Wildman–Crippen MR) is 195 cm³/mol. The van der Waals surface area contributed by atoms with Gasteiger partial charge in [-0.15, -0.1) is 0 Å². The Balaban J connectivity index is 1.40. The lowest BCUT2D eigenvalue weighted by Gasteiger charge is -2.42. The number of nitrogens with one attached hydrogen (secondary N) is 3. The average Bonchev–Trinajstić information content (AvgIpc) is 3.06. The number of alkyl carbamates (subject to hydrolysis) is 1. The minimum atomic E-state index is -0.732. The fourth-order valence-corrected chi connectivity index (χ4v) is 6.18. The Morgan fingerprint density at radius 1 is 1.04 bits per heavy atom. The van der Waals surface area contributed by atoms with E-state index in [0.717, 1.165) is 10.0 Å². The molecule has 1 fully saturated rings. The summed E-state index contributed by atoms with van der Waals surface area (Å²) in [7, 11) is 0. The standard InChI is InChI=1S/C36H41BrN8O5/c1-22-19-45(20-29(31(22)40-15-13-38)44-35(48)50-36(2,3)4)30-12-14-39-18-28(30)42-33(46)32-27(16-24-10-11-25(37)17-26(24)41-32)43-34(47)49-21-23-8-6-5-7-9-23/h5-18,22,29,31,40H,19-21,38H2,1-4H3,(H,42,46)(H,43,47)(H,44,48)/p+1/b15-13-/t22-,29+,31-/m0/s1. The second-order valence-corrected chi connectivity index (χ2v) is 14.0. The summed E-state index contributed by atoms with van der Waals surface area (Å²) in [4.78, 5) is 50.8. The first kappa shape index (κ1) is 36.1. The molecule has 262 valence electrons. The average molecular weight is 747 g/mol. The molecule has 3 amide bonds. The molecule has 4 aromatic rings. The van der Waals surface area contributed by atoms with Crippen molar-refractivity contribution in [2.24, 2.45) is 11.7 Å². The van der Waals surface area contributed by atoms with Crippen molar-refractivity contribution >= 4 is 62.0 Å². The summed E-state index contributed by atoms with van der Waals surface area (Å²) in [5.74, 6) is -0.484. The summed E-state index contributed by atoms with van der Waals surface area (Å²) in [6, 6.07) is 17.9. The van der Waals surface area contributed by atoms with Crippen molar-refractivity contribution in [3.05, 3.63) is 101 Å². The molecule has 0 unspecified atom stereocenters. The van der Waals surface area contributed by atoms with Crippen LogP contribution in [0.25, 0.3) is 10.9 Å². The first-order valence-corrected chi connectivity index (χ1v) is 17.0. The van der Waals surface area contributed by atoms with E-state index in [-0.39, 0.29) is 36.0 Å². The maximum absolute atomic E-state index is 14.0. The van der Waals surface area contributed by atoms with Crippen LogP contribution in [0.15, 0.2) is 89.9 Å². The van der Waals surface area contributed by atoms with Crippen LogP contribution in [-0.2, 0) is 16.1 Å². The molecule has 7 N–H and O–H groups in total. The summed E-state index contributed by atoms with van der Waals surface area (Å²) in [6.07, 6.45) is 5.18. The Labute approximate surface area is 299 Å². The highest BCUT2D eigenvalue weighted by atomic mass is 79.9. The van der Waals surface area contributed by atoms with Crippen molar-refractivity contribution < 1.29 is 29.2 Å². The molecule has 3 heterocycles. The molecular formula is C36H42BrN8O5+. The SMILES string of the molecule is C[C@H]1CN(c2ccncc2NC(=O)c2nc3cc(Br)ccc3cc2NC(=O)OCc2ccccc2)C[C@@H](NC(=O)OC(C)(C)C)[C@H]1[NH2+]/C=C\N. The number of nitrogens with two attached hydrogens (primary N) is 2. The van der Waals surface area contributed by atoms with Crippen LogP contribution < -0.4 is 31.9 Å². The Hall–Kier alpha value is -5.21. The van der Waals surface area contributed by atoms with Gasteiger partial charge in [-0.1, -0.05) is 59.3 Å². The van der Waals surface area contributed by atoms with Gasteiger partial charge in [0.1, 0.15) is 30.5 Å². The van der Waals surface area contributed by atoms with E-state index in [4.69, 9.17) is 15.2 Å². The van der Waals surface area contributed by atoms with Gasteiger partial charge in [0.05, 0.1) is 28.8 Å². The minimum absolute atomic E-state index is 0.0122. The summed E-state index contributed by atoms with van der Waals surface area (Å²) in [6.45, 7) is 8.61. The van der Waals surface area contributed by atoms with Crippen LogP contribution in [-0.4, -0.2) is 58.8 Å². The topological polar surface area (TPSA) is 177 Å². The Morgan fingerprint density at radius 2 is 1.82 bits per heavy atom. The number of carbonyl (C=O) groups is 3. The number of nitrogens with zero attached hydrogens (tertiary/aromatic N) is 3. The number of carbonyl (C=O) groups excluding carboxylic acids is 3. The number of pyridine rings is 2. The fourth-order valence-electron chi connectivity index (χ4n) is 5.83. The van der Waals surface area contributed by atoms with Crippen molar-refractivity contribution in [1.29, 1.82) is 0 Å². The van der Waals surface area contributed by atoms with E-state index in [2.05, 4.69) is 53.7 Å². The number of hydrogen-bond acceptors (Lipinski definition) is 9. The molecule has 0 spiro atoms. The molecule has 0 aliphatic carbocycles. The first-order valence-electron chi connectivity index (χ1n) is 16.2. The number of quaternary nitrogens is 1. The third-order valence-corrected chi connectivity index (χ3v) is 8.52. The summed E-state index contributed by atoms with van der Waals surface area (Å²) in [5.41, 5.74) is 7.65. The highest BCUT2D eigenvalue weighted by Crippen LogP contribution is 2.31. The molecular weight excluding hydrogens is 704 g/mol. The van der Waals surface area contributed by atoms with Crippen LogP contribution in [0.1, 0.15) is 43.7 Å². The molecule has 2 aromatic heterocycles. The van der Waals surface area contributed by atoms with Gasteiger partial charge in [0.25, 0.3) is 5.91 Å². The highest BCUT2D eigenvalue weighted by Gasteiger charge is 2.39. The lowest BCUT2D eigenvalue weighted by atomic mass is 9.89. The van der Waals surface area contributed by atoms with E-state index in [9.17, 15) is 14.4 Å². The van der Waals surface area contributed by atoms with Crippen LogP contribution >= 0.6 is 15.9 Å². The maximum Gasteiger partial charge on any atom is 0.412 e. The van der Waals surface area contributed by atoms with Crippen molar-refractivity contribution in [3.8, 4) is 0 Å². The van der Waals surface area contributed by atoms with Gasteiger partial charge in [-0.25, -0.2) is 14.6 Å². The third-order valence-electron chi connectivity index (χ3n) is 8.02. The molecule has 1 aliphatic heterocycles. The van der Waals surface area contributed by atoms with Crippen LogP contribution in [0.5, 0.6) is 0 Å². The van der Waals surface area contributed by atoms with Crippen molar-refractivity contribution in [3.63, 3.8) is 0 Å². The minimum Gasteiger partial charge on any atom is -0.444 e. The number of anilines is 3. The van der Waals surface area contributed by atoms with Crippen molar-refractivity contribution in [2.75, 3.05) is 28.6 Å². The predicted octanol–water partition coefficient (Wildman–Crippen LogP) is 5.10. The van der Waals surface area contributed by atoms with Gasteiger partial charge in [-0.3, -0.25) is 15.1 Å². The monoisotopic (exact) mass is 745 g/mol. The smallest absolute Gasteiger partial charge is 0.412 e. The third kappa shape index (κ3) is 9.48. The van der Waals surface area contributed by atoms with E-state index in [1.807, 2.05) is 74.6 Å². The number of hydrogen-bond donors (Lipinski definition) is 5. The second-order valence-electron chi connectivity index (χ2n) is 13.0. The summed E-state index contributed by atoms with van der Waals surface area (Å²) >= 11 is 3.47. The van der Waals surface area contributed by atoms with Crippen LogP contribution in [0, 0.1) is 5.92 Å². The number of aromatic nitrogens is 2. The molecule has 2 aromatic carbocycles. The number of piperidine rings is 1. The molecule has 0 radical (unpaired) electrons. The number of fused-ring (bicyclic) bond motifs is 1. The van der Waals surface area contributed by atoms with Gasteiger partial charge in [-0.2, -0.15) is 0 Å². The van der Waals surface area contributed by atoms with Gasteiger partial charge in [-0.05, 0) is 50.6 Å². The summed E-state index contributed by atoms with van der Waals surface area (Å²) < 4.78 is 11.8. The van der Waals surface area contributed by atoms with Crippen LogP contribution in [0.2, 0.25) is 0 Å². The molecule has 50 heavy (non-hydrogen) atoms. The van der Waals surface area contributed by atoms with E-state index >= 15 is 0 Å². The molecule has 0 bridgehead atoms. The van der Waals surface area contributed by atoms with E-state index < -0.39 is 23.7 Å². The van der Waals surface area contributed by atoms with Crippen molar-refractivity contribution in [1.82, 2.24) is 15.3 Å². The number of ether oxygens (including phenoxy) is 2. The van der Waals surface area contributed by atoms with Crippen LogP contribution in [0.3, 0.4) is 0 Å². The lowest BCUT2D eigenvalue weighted by Crippen LogP contribution is -2.92. The number of amides is 3. The Morgan fingerprint density at radius 3 is 2.56 bits per heavy atom. The fraction of sp³-hybridized carbons (Fsp3) is 0.306. The molecule has 0 saturated carbocycles. The zero-order chi connectivity index (χ0) is 35.8. The number of halogens is 1.